The van der Waals surface area contributed by atoms with Crippen molar-refractivity contribution in [2.75, 3.05) is 12.5 Å². The predicted octanol–water partition coefficient (Wildman–Crippen LogP) is 5.36. The SMILES string of the molecule is C=C1C=C2OCOC2=CC1SC1CC(CCC=NC(C=O)C2CC2)c2nccc(N)c2CCC1C. The molecule has 6 nitrogen and oxygen atoms in total. The van der Waals surface area contributed by atoms with Gasteiger partial charge < -0.3 is 20.0 Å². The highest BCUT2D eigenvalue weighted by atomic mass is 32.2. The van der Waals surface area contributed by atoms with Crippen molar-refractivity contribution in [2.24, 2.45) is 16.8 Å². The first-order valence-corrected chi connectivity index (χ1v) is 13.7. The van der Waals surface area contributed by atoms with E-state index in [0.717, 1.165) is 79.7 Å². The highest BCUT2D eigenvalue weighted by Crippen LogP contribution is 2.44. The van der Waals surface area contributed by atoms with Crippen LogP contribution < -0.4 is 5.73 Å². The lowest BCUT2D eigenvalue weighted by Crippen LogP contribution is -2.26. The van der Waals surface area contributed by atoms with Crippen molar-refractivity contribution in [1.29, 1.82) is 0 Å². The minimum atomic E-state index is -0.165. The molecule has 2 N–H and O–H groups in total. The number of allylic oxidation sites excluding steroid dienone is 1. The molecule has 0 bridgehead atoms. The number of aromatic nitrogens is 1. The minimum absolute atomic E-state index is 0.165. The fourth-order valence-electron chi connectivity index (χ4n) is 5.30. The van der Waals surface area contributed by atoms with E-state index in [1.807, 2.05) is 36.3 Å². The van der Waals surface area contributed by atoms with Crippen molar-refractivity contribution < 1.29 is 14.3 Å². The molecule has 1 aromatic rings. The lowest BCUT2D eigenvalue weighted by atomic mass is 9.82. The van der Waals surface area contributed by atoms with Crippen LogP contribution in [0, 0.1) is 11.8 Å². The first-order valence-electron chi connectivity index (χ1n) is 12.8. The largest absolute Gasteiger partial charge is 0.454 e. The maximum Gasteiger partial charge on any atom is 0.231 e. The number of fused-ring (bicyclic) bond motifs is 2. The van der Waals surface area contributed by atoms with Gasteiger partial charge in [-0.2, -0.15) is 0 Å². The molecule has 3 aliphatic carbocycles. The van der Waals surface area contributed by atoms with E-state index in [1.165, 1.54) is 5.56 Å². The maximum atomic E-state index is 11.4. The molecule has 35 heavy (non-hydrogen) atoms. The van der Waals surface area contributed by atoms with Crippen LogP contribution in [0.5, 0.6) is 0 Å². The molecule has 5 unspecified atom stereocenters. The molecule has 2 fully saturated rings. The number of rotatable bonds is 8. The van der Waals surface area contributed by atoms with Crippen LogP contribution in [-0.2, 0) is 20.7 Å². The van der Waals surface area contributed by atoms with E-state index in [9.17, 15) is 4.79 Å². The highest BCUT2D eigenvalue weighted by molar-refractivity contribution is 8.00. The summed E-state index contributed by atoms with van der Waals surface area (Å²) in [5, 5.41) is 0.614. The van der Waals surface area contributed by atoms with E-state index in [1.54, 1.807) is 0 Å². The normalized spacial score (nSPS) is 29.1. The summed E-state index contributed by atoms with van der Waals surface area (Å²) in [5.74, 6) is 2.90. The van der Waals surface area contributed by atoms with Gasteiger partial charge >= 0.3 is 0 Å². The van der Waals surface area contributed by atoms with Gasteiger partial charge in [0.25, 0.3) is 0 Å². The molecule has 186 valence electrons. The Balaban J connectivity index is 1.33. The van der Waals surface area contributed by atoms with Crippen molar-refractivity contribution in [1.82, 2.24) is 4.98 Å². The summed E-state index contributed by atoms with van der Waals surface area (Å²) in [6, 6.07) is 1.76. The van der Waals surface area contributed by atoms with Crippen LogP contribution in [0.25, 0.3) is 0 Å². The minimum Gasteiger partial charge on any atom is -0.454 e. The van der Waals surface area contributed by atoms with Crippen LogP contribution in [0.4, 0.5) is 5.69 Å². The highest BCUT2D eigenvalue weighted by Gasteiger charge is 2.33. The predicted molar refractivity (Wildman–Crippen MR) is 141 cm³/mol. The number of carbonyl (C=O) groups is 1. The lowest BCUT2D eigenvalue weighted by molar-refractivity contribution is -0.109. The molecular weight excluding hydrogens is 458 g/mol. The monoisotopic (exact) mass is 493 g/mol. The molecule has 0 radical (unpaired) electrons. The molecule has 2 heterocycles. The van der Waals surface area contributed by atoms with Crippen LogP contribution in [0.2, 0.25) is 0 Å². The smallest absolute Gasteiger partial charge is 0.231 e. The average Bonchev–Trinajstić information content (AvgIpc) is 3.59. The molecule has 1 aliphatic heterocycles. The van der Waals surface area contributed by atoms with E-state index in [2.05, 4.69) is 24.6 Å². The van der Waals surface area contributed by atoms with Crippen LogP contribution in [0.3, 0.4) is 0 Å². The Bertz CT molecular complexity index is 1060. The second kappa shape index (κ2) is 10.6. The van der Waals surface area contributed by atoms with Crippen molar-refractivity contribution in [3.8, 4) is 0 Å². The Morgan fingerprint density at radius 3 is 2.94 bits per heavy atom. The van der Waals surface area contributed by atoms with Crippen LogP contribution in [-0.4, -0.2) is 40.8 Å². The fraction of sp³-hybridized carbons (Fsp3) is 0.536. The summed E-state index contributed by atoms with van der Waals surface area (Å²) in [4.78, 5) is 20.8. The summed E-state index contributed by atoms with van der Waals surface area (Å²) in [6.07, 6.45) is 16.0. The van der Waals surface area contributed by atoms with E-state index >= 15 is 0 Å². The molecule has 5 atom stereocenters. The third-order valence-electron chi connectivity index (χ3n) is 7.66. The number of carbonyl (C=O) groups excluding carboxylic acids is 1. The Morgan fingerprint density at radius 2 is 2.14 bits per heavy atom. The van der Waals surface area contributed by atoms with E-state index < -0.39 is 0 Å². The van der Waals surface area contributed by atoms with E-state index in [4.69, 9.17) is 20.2 Å². The summed E-state index contributed by atoms with van der Waals surface area (Å²) in [5.41, 5.74) is 10.7. The van der Waals surface area contributed by atoms with Gasteiger partial charge in [0.05, 0.1) is 5.25 Å². The van der Waals surface area contributed by atoms with Crippen molar-refractivity contribution >= 4 is 30.0 Å². The van der Waals surface area contributed by atoms with E-state index in [-0.39, 0.29) is 24.0 Å². The number of pyridine rings is 1. The average molecular weight is 494 g/mol. The van der Waals surface area contributed by atoms with Crippen molar-refractivity contribution in [3.05, 3.63) is 59.3 Å². The lowest BCUT2D eigenvalue weighted by Gasteiger charge is -2.34. The zero-order chi connectivity index (χ0) is 24.4. The second-order valence-corrected chi connectivity index (χ2v) is 11.6. The van der Waals surface area contributed by atoms with Crippen molar-refractivity contribution in [2.45, 2.75) is 74.3 Å². The van der Waals surface area contributed by atoms with Crippen LogP contribution in [0.15, 0.2) is 53.1 Å². The molecule has 7 heteroatoms. The number of aldehydes is 1. The van der Waals surface area contributed by atoms with Crippen LogP contribution >= 0.6 is 11.8 Å². The maximum absolute atomic E-state index is 11.4. The van der Waals surface area contributed by atoms with Gasteiger partial charge in [-0.3, -0.25) is 9.98 Å². The number of ether oxygens (including phenoxy) is 2. The van der Waals surface area contributed by atoms with Gasteiger partial charge in [-0.15, -0.1) is 11.8 Å². The molecular formula is C28H35N3O3S. The number of hydrogen-bond acceptors (Lipinski definition) is 7. The first kappa shape index (κ1) is 24.2. The topological polar surface area (TPSA) is 86.8 Å². The number of hydrogen-bond donors (Lipinski definition) is 1. The van der Waals surface area contributed by atoms with Crippen molar-refractivity contribution in [3.63, 3.8) is 0 Å². The molecule has 1 saturated heterocycles. The summed E-state index contributed by atoms with van der Waals surface area (Å²) < 4.78 is 11.2. The number of nitrogen functional groups attached to an aromatic ring is 1. The number of thioether (sulfide) groups is 1. The zero-order valence-corrected chi connectivity index (χ0v) is 21.2. The number of nitrogens with zero attached hydrogens (tertiary/aromatic N) is 2. The number of aliphatic imine (C=N–C) groups is 1. The van der Waals surface area contributed by atoms with Gasteiger partial charge in [-0.25, -0.2) is 0 Å². The third-order valence-corrected chi connectivity index (χ3v) is 9.40. The van der Waals surface area contributed by atoms with Gasteiger partial charge in [-0.1, -0.05) is 13.5 Å². The molecule has 1 saturated carbocycles. The molecule has 0 amide bonds. The summed E-state index contributed by atoms with van der Waals surface area (Å²) in [6.45, 7) is 6.94. The second-order valence-electron chi connectivity index (χ2n) is 10.2. The van der Waals surface area contributed by atoms with Gasteiger partial charge in [0.2, 0.25) is 6.79 Å². The Morgan fingerprint density at radius 1 is 1.31 bits per heavy atom. The number of anilines is 1. The Kier molecular flexibility index (Phi) is 7.32. The summed E-state index contributed by atoms with van der Waals surface area (Å²) >= 11 is 1.98. The Hall–Kier alpha value is -2.54. The Labute approximate surface area is 212 Å². The molecule has 1 aromatic heterocycles. The van der Waals surface area contributed by atoms with Gasteiger partial charge in [0.15, 0.2) is 11.5 Å². The molecule has 0 aromatic carbocycles. The molecule has 4 aliphatic rings. The van der Waals surface area contributed by atoms with Crippen LogP contribution in [0.1, 0.15) is 62.6 Å². The molecule has 5 rings (SSSR count). The van der Waals surface area contributed by atoms with Gasteiger partial charge in [-0.05, 0) is 92.4 Å². The standard InChI is InChI=1S/C28H35N3O3S/c1-17-5-8-21-22(29)9-11-31-28(21)20(4-3-10-30-23(15-32)19-6-7-19)13-26(17)35-27-14-25-24(12-18(27)2)33-16-34-25/h9-12,14-15,17,19-20,23,26-27H,2-8,13,16H2,1H3,(H2,29,31). The molecule has 0 spiro atoms. The zero-order valence-electron chi connectivity index (χ0n) is 20.4. The summed E-state index contributed by atoms with van der Waals surface area (Å²) in [7, 11) is 0. The third kappa shape index (κ3) is 5.50. The van der Waals surface area contributed by atoms with Gasteiger partial charge in [0, 0.05) is 28.7 Å². The van der Waals surface area contributed by atoms with Gasteiger partial charge in [0.1, 0.15) is 12.3 Å². The quantitative estimate of drug-likeness (QED) is 0.387. The first-order chi connectivity index (χ1) is 17.0. The fourth-order valence-corrected chi connectivity index (χ4v) is 6.87. The number of nitrogens with two attached hydrogens (primary N) is 1. The van der Waals surface area contributed by atoms with E-state index in [0.29, 0.717) is 17.1 Å².